The summed E-state index contributed by atoms with van der Waals surface area (Å²) in [6.45, 7) is 0. The molecule has 0 spiro atoms. The minimum atomic E-state index is -0.994. The minimum absolute atomic E-state index is 0.00813. The highest BCUT2D eigenvalue weighted by Gasteiger charge is 2.07. The van der Waals surface area contributed by atoms with E-state index in [2.05, 4.69) is 10.5 Å². The number of aromatic carboxylic acids is 1. The van der Waals surface area contributed by atoms with Crippen LogP contribution in [-0.2, 0) is 0 Å². The summed E-state index contributed by atoms with van der Waals surface area (Å²) in [6.07, 6.45) is 1.34. The zero-order valence-corrected chi connectivity index (χ0v) is 13.4. The van der Waals surface area contributed by atoms with E-state index in [1.54, 1.807) is 36.4 Å². The van der Waals surface area contributed by atoms with Crippen molar-refractivity contribution in [2.75, 3.05) is 0 Å². The van der Waals surface area contributed by atoms with Crippen molar-refractivity contribution in [3.8, 4) is 17.1 Å². The van der Waals surface area contributed by atoms with Gasteiger partial charge in [-0.1, -0.05) is 18.2 Å². The number of phenolic OH excluding ortho intramolecular Hbond substituents is 1. The lowest BCUT2D eigenvalue weighted by Gasteiger charge is -2.00. The first-order valence-corrected chi connectivity index (χ1v) is 7.59. The van der Waals surface area contributed by atoms with E-state index in [4.69, 9.17) is 9.52 Å². The third-order valence-electron chi connectivity index (χ3n) is 3.51. The van der Waals surface area contributed by atoms with E-state index in [0.717, 1.165) is 5.56 Å². The van der Waals surface area contributed by atoms with Crippen molar-refractivity contribution in [2.45, 2.75) is 0 Å². The van der Waals surface area contributed by atoms with Gasteiger partial charge in [0.05, 0.1) is 11.8 Å². The molecule has 1 amide bonds. The highest BCUT2D eigenvalue weighted by atomic mass is 16.4. The van der Waals surface area contributed by atoms with Crippen LogP contribution >= 0.6 is 0 Å². The van der Waals surface area contributed by atoms with Crippen LogP contribution in [0.25, 0.3) is 11.3 Å². The van der Waals surface area contributed by atoms with Crippen LogP contribution in [0.15, 0.2) is 70.2 Å². The Hall–Kier alpha value is -3.87. The number of furan rings is 1. The number of amides is 1. The number of carboxylic acid groups (broad SMARTS) is 1. The van der Waals surface area contributed by atoms with Gasteiger partial charge in [0, 0.05) is 11.1 Å². The van der Waals surface area contributed by atoms with Gasteiger partial charge in [0.15, 0.2) is 0 Å². The van der Waals surface area contributed by atoms with Gasteiger partial charge in [0.25, 0.3) is 5.91 Å². The second-order valence-electron chi connectivity index (χ2n) is 5.33. The molecule has 0 atom stereocenters. The van der Waals surface area contributed by atoms with E-state index in [1.807, 2.05) is 0 Å². The van der Waals surface area contributed by atoms with Gasteiger partial charge in [0.2, 0.25) is 0 Å². The Morgan fingerprint density at radius 1 is 1.00 bits per heavy atom. The number of benzene rings is 2. The number of carbonyl (C=O) groups is 2. The van der Waals surface area contributed by atoms with Gasteiger partial charge in [-0.2, -0.15) is 5.10 Å². The van der Waals surface area contributed by atoms with E-state index >= 15 is 0 Å². The molecule has 0 saturated heterocycles. The van der Waals surface area contributed by atoms with Crippen LogP contribution in [0, 0.1) is 0 Å². The molecule has 0 aliphatic heterocycles. The number of rotatable bonds is 5. The molecule has 130 valence electrons. The van der Waals surface area contributed by atoms with E-state index < -0.39 is 11.9 Å². The molecule has 1 aromatic heterocycles. The Balaban J connectivity index is 1.65. The maximum atomic E-state index is 11.9. The summed E-state index contributed by atoms with van der Waals surface area (Å²) in [6, 6.07) is 15.6. The molecule has 1 heterocycles. The topological polar surface area (TPSA) is 112 Å². The summed E-state index contributed by atoms with van der Waals surface area (Å²) in [7, 11) is 0. The first kappa shape index (κ1) is 17.0. The molecular weight excluding hydrogens is 336 g/mol. The first-order valence-electron chi connectivity index (χ1n) is 7.59. The van der Waals surface area contributed by atoms with E-state index in [1.165, 1.54) is 30.5 Å². The Kier molecular flexibility index (Phi) is 4.80. The smallest absolute Gasteiger partial charge is 0.335 e. The Morgan fingerprint density at radius 3 is 2.46 bits per heavy atom. The van der Waals surface area contributed by atoms with Crippen molar-refractivity contribution in [2.24, 2.45) is 5.10 Å². The second kappa shape index (κ2) is 7.35. The normalized spacial score (nSPS) is 10.8. The quantitative estimate of drug-likeness (QED) is 0.483. The number of carbonyl (C=O) groups excluding carboxylic acids is 1. The third-order valence-corrected chi connectivity index (χ3v) is 3.51. The lowest BCUT2D eigenvalue weighted by Crippen LogP contribution is -2.17. The van der Waals surface area contributed by atoms with Crippen molar-refractivity contribution in [3.63, 3.8) is 0 Å². The third kappa shape index (κ3) is 3.96. The number of carboxylic acids is 1. The SMILES string of the molecule is O=C(O)c1ccc(-c2ccc(C=NNC(=O)c3cccc(O)c3)o2)cc1. The van der Waals surface area contributed by atoms with Crippen molar-refractivity contribution < 1.29 is 24.2 Å². The van der Waals surface area contributed by atoms with Gasteiger partial charge < -0.3 is 14.6 Å². The van der Waals surface area contributed by atoms with Gasteiger partial charge in [0.1, 0.15) is 17.3 Å². The van der Waals surface area contributed by atoms with E-state index in [0.29, 0.717) is 11.5 Å². The fourth-order valence-corrected chi connectivity index (χ4v) is 2.22. The lowest BCUT2D eigenvalue weighted by atomic mass is 10.1. The Labute approximate surface area is 148 Å². The van der Waals surface area contributed by atoms with E-state index in [9.17, 15) is 14.7 Å². The van der Waals surface area contributed by atoms with Crippen molar-refractivity contribution >= 4 is 18.1 Å². The van der Waals surface area contributed by atoms with Gasteiger partial charge >= 0.3 is 5.97 Å². The average molecular weight is 350 g/mol. The molecule has 3 aromatic rings. The van der Waals surface area contributed by atoms with Gasteiger partial charge in [-0.15, -0.1) is 0 Å². The molecule has 0 fully saturated rings. The number of nitrogens with one attached hydrogen (secondary N) is 1. The minimum Gasteiger partial charge on any atom is -0.508 e. The van der Waals surface area contributed by atoms with Crippen LogP contribution in [0.3, 0.4) is 0 Å². The molecule has 0 radical (unpaired) electrons. The molecule has 2 aromatic carbocycles. The number of hydrazone groups is 1. The van der Waals surface area contributed by atoms with Gasteiger partial charge in [-0.3, -0.25) is 4.79 Å². The monoisotopic (exact) mass is 350 g/mol. The maximum Gasteiger partial charge on any atom is 0.335 e. The number of phenols is 1. The molecule has 0 unspecified atom stereocenters. The standard InChI is InChI=1S/C19H14N2O5/c22-15-3-1-2-14(10-15)18(23)21-20-11-16-8-9-17(26-16)12-4-6-13(7-5-12)19(24)25/h1-11,22H,(H,21,23)(H,24,25). The molecule has 0 aliphatic carbocycles. The molecule has 26 heavy (non-hydrogen) atoms. The van der Waals surface area contributed by atoms with Crippen LogP contribution in [0.1, 0.15) is 26.5 Å². The summed E-state index contributed by atoms with van der Waals surface area (Å²) in [5.41, 5.74) is 3.53. The first-order chi connectivity index (χ1) is 12.5. The Morgan fingerprint density at radius 2 is 1.77 bits per heavy atom. The summed E-state index contributed by atoms with van der Waals surface area (Å²) in [5, 5.41) is 22.1. The molecule has 7 nitrogen and oxygen atoms in total. The number of aromatic hydroxyl groups is 1. The summed E-state index contributed by atoms with van der Waals surface area (Å²) >= 11 is 0. The summed E-state index contributed by atoms with van der Waals surface area (Å²) < 4.78 is 5.59. The fourth-order valence-electron chi connectivity index (χ4n) is 2.22. The van der Waals surface area contributed by atoms with Gasteiger partial charge in [-0.25, -0.2) is 10.2 Å². The second-order valence-corrected chi connectivity index (χ2v) is 5.33. The fraction of sp³-hybridized carbons (Fsp3) is 0. The highest BCUT2D eigenvalue weighted by molar-refractivity contribution is 5.95. The molecule has 0 saturated carbocycles. The molecule has 3 N–H and O–H groups in total. The van der Waals surface area contributed by atoms with Crippen molar-refractivity contribution in [1.82, 2.24) is 5.43 Å². The van der Waals surface area contributed by atoms with Gasteiger partial charge in [-0.05, 0) is 42.5 Å². The number of nitrogens with zero attached hydrogens (tertiary/aromatic N) is 1. The van der Waals surface area contributed by atoms with Crippen LogP contribution in [0.2, 0.25) is 0 Å². The van der Waals surface area contributed by atoms with Crippen LogP contribution in [-0.4, -0.2) is 28.3 Å². The van der Waals surface area contributed by atoms with Crippen LogP contribution in [0.4, 0.5) is 0 Å². The molecular formula is C19H14N2O5. The maximum absolute atomic E-state index is 11.9. The average Bonchev–Trinajstić information content (AvgIpc) is 3.10. The van der Waals surface area contributed by atoms with Crippen molar-refractivity contribution in [1.29, 1.82) is 0 Å². The van der Waals surface area contributed by atoms with Crippen LogP contribution < -0.4 is 5.43 Å². The Bertz CT molecular complexity index is 974. The predicted molar refractivity (Wildman–Crippen MR) is 94.3 cm³/mol. The van der Waals surface area contributed by atoms with Crippen molar-refractivity contribution in [3.05, 3.63) is 77.6 Å². The molecule has 7 heteroatoms. The molecule has 0 aliphatic rings. The zero-order valence-electron chi connectivity index (χ0n) is 13.4. The lowest BCUT2D eigenvalue weighted by molar-refractivity contribution is 0.0696. The highest BCUT2D eigenvalue weighted by Crippen LogP contribution is 2.22. The predicted octanol–water partition coefficient (Wildman–Crippen LogP) is 3.11. The number of hydrogen-bond acceptors (Lipinski definition) is 5. The molecule has 3 rings (SSSR count). The molecule has 0 bridgehead atoms. The number of hydrogen-bond donors (Lipinski definition) is 3. The zero-order chi connectivity index (χ0) is 18.5. The van der Waals surface area contributed by atoms with E-state index in [-0.39, 0.29) is 16.9 Å². The largest absolute Gasteiger partial charge is 0.508 e. The van der Waals surface area contributed by atoms with Crippen LogP contribution in [0.5, 0.6) is 5.75 Å². The summed E-state index contributed by atoms with van der Waals surface area (Å²) in [4.78, 5) is 22.7. The summed E-state index contributed by atoms with van der Waals surface area (Å²) in [5.74, 6) is -0.507.